The molecular weight excluding hydrogens is 351 g/mol. The van der Waals surface area contributed by atoms with Gasteiger partial charge in [0.25, 0.3) is 0 Å². The molecule has 2 amide bonds. The van der Waals surface area contributed by atoms with E-state index in [4.69, 9.17) is 0 Å². The van der Waals surface area contributed by atoms with E-state index in [1.54, 1.807) is 16.9 Å². The van der Waals surface area contributed by atoms with Gasteiger partial charge in [-0.15, -0.1) is 0 Å². The van der Waals surface area contributed by atoms with E-state index in [0.29, 0.717) is 11.3 Å². The molecular formula is C15H16F3N7O. The maximum Gasteiger partial charge on any atom is 0.435 e. The minimum Gasteiger partial charge on any atom is -0.306 e. The van der Waals surface area contributed by atoms with Gasteiger partial charge in [0.1, 0.15) is 5.82 Å². The van der Waals surface area contributed by atoms with Crippen LogP contribution in [0.5, 0.6) is 0 Å². The number of nitrogens with zero attached hydrogens (tertiary/aromatic N) is 5. The molecule has 0 aliphatic carbocycles. The number of urea groups is 1. The number of carbonyl (C=O) groups is 1. The van der Waals surface area contributed by atoms with Gasteiger partial charge in [-0.25, -0.2) is 14.3 Å². The summed E-state index contributed by atoms with van der Waals surface area (Å²) < 4.78 is 40.6. The van der Waals surface area contributed by atoms with Crippen LogP contribution < -0.4 is 10.6 Å². The van der Waals surface area contributed by atoms with Gasteiger partial charge in [-0.2, -0.15) is 23.4 Å². The van der Waals surface area contributed by atoms with E-state index in [0.717, 1.165) is 16.3 Å². The summed E-state index contributed by atoms with van der Waals surface area (Å²) in [5.74, 6) is -0.0532. The van der Waals surface area contributed by atoms with Crippen molar-refractivity contribution in [3.8, 4) is 0 Å². The minimum atomic E-state index is -4.59. The fourth-order valence-electron chi connectivity index (χ4n) is 2.55. The number of fused-ring (bicyclic) bond motifs is 1. The molecule has 0 aliphatic heterocycles. The lowest BCUT2D eigenvalue weighted by atomic mass is 10.0. The third-order valence-corrected chi connectivity index (χ3v) is 3.70. The first-order valence-corrected chi connectivity index (χ1v) is 7.68. The monoisotopic (exact) mass is 367 g/mol. The fraction of sp³-hybridized carbons (Fsp3) is 0.333. The number of halogens is 3. The molecule has 26 heavy (non-hydrogen) atoms. The van der Waals surface area contributed by atoms with Crippen molar-refractivity contribution in [3.63, 3.8) is 0 Å². The average Bonchev–Trinajstić information content (AvgIpc) is 3.13. The molecule has 2 N–H and O–H groups in total. The fourth-order valence-corrected chi connectivity index (χ4v) is 2.55. The Morgan fingerprint density at radius 1 is 1.27 bits per heavy atom. The Kier molecular flexibility index (Phi) is 4.30. The van der Waals surface area contributed by atoms with Gasteiger partial charge >= 0.3 is 12.2 Å². The van der Waals surface area contributed by atoms with Crippen molar-refractivity contribution >= 4 is 23.2 Å². The summed E-state index contributed by atoms with van der Waals surface area (Å²) in [7, 11) is 1.31. The topological polar surface area (TPSA) is 89.1 Å². The molecule has 3 heterocycles. The van der Waals surface area contributed by atoms with E-state index in [1.165, 1.54) is 13.2 Å². The first kappa shape index (κ1) is 17.7. The molecule has 8 nitrogen and oxygen atoms in total. The number of amides is 2. The minimum absolute atomic E-state index is 0.0340. The summed E-state index contributed by atoms with van der Waals surface area (Å²) in [4.78, 5) is 16.5. The highest BCUT2D eigenvalue weighted by atomic mass is 19.4. The van der Waals surface area contributed by atoms with Gasteiger partial charge < -0.3 is 5.32 Å². The van der Waals surface area contributed by atoms with E-state index < -0.39 is 17.9 Å². The molecule has 3 rings (SSSR count). The van der Waals surface area contributed by atoms with Gasteiger partial charge in [-0.3, -0.25) is 10.00 Å². The van der Waals surface area contributed by atoms with E-state index >= 15 is 0 Å². The largest absolute Gasteiger partial charge is 0.435 e. The van der Waals surface area contributed by atoms with Gasteiger partial charge in [0.15, 0.2) is 11.3 Å². The van der Waals surface area contributed by atoms with Crippen LogP contribution in [-0.2, 0) is 13.2 Å². The van der Waals surface area contributed by atoms with Crippen molar-refractivity contribution in [2.45, 2.75) is 25.9 Å². The summed E-state index contributed by atoms with van der Waals surface area (Å²) in [5.41, 5.74) is 0.701. The molecule has 0 aliphatic rings. The van der Waals surface area contributed by atoms with Crippen molar-refractivity contribution in [2.24, 2.45) is 7.05 Å². The van der Waals surface area contributed by atoms with Crippen molar-refractivity contribution in [1.82, 2.24) is 24.4 Å². The molecule has 0 saturated carbocycles. The number of nitrogens with one attached hydrogen (secondary N) is 2. The number of aromatic nitrogens is 5. The second-order valence-electron chi connectivity index (χ2n) is 5.94. The number of hydrogen-bond donors (Lipinski definition) is 2. The van der Waals surface area contributed by atoms with Gasteiger partial charge in [-0.05, 0) is 5.92 Å². The number of hydrogen-bond acceptors (Lipinski definition) is 4. The Bertz CT molecular complexity index is 958. The molecule has 0 saturated heterocycles. The Hall–Kier alpha value is -3.11. The Balaban J connectivity index is 1.84. The highest BCUT2D eigenvalue weighted by molar-refractivity contribution is 6.00. The molecule has 0 radical (unpaired) electrons. The predicted molar refractivity (Wildman–Crippen MR) is 87.9 cm³/mol. The zero-order valence-electron chi connectivity index (χ0n) is 14.2. The number of aryl methyl sites for hydroxylation is 1. The van der Waals surface area contributed by atoms with Crippen LogP contribution >= 0.6 is 0 Å². The number of alkyl halides is 3. The van der Waals surface area contributed by atoms with Crippen LogP contribution in [0.3, 0.4) is 0 Å². The third kappa shape index (κ3) is 3.32. The SMILES string of the molecule is CC(C)c1c(NC(=O)Nc2cc(C(F)(F)F)nn2C)cnn2ccnc12. The Morgan fingerprint density at radius 3 is 2.62 bits per heavy atom. The molecule has 0 fully saturated rings. The first-order chi connectivity index (χ1) is 12.2. The molecule has 3 aromatic heterocycles. The summed E-state index contributed by atoms with van der Waals surface area (Å²) in [6, 6.07) is 0.0558. The predicted octanol–water partition coefficient (Wildman–Crippen LogP) is 3.25. The average molecular weight is 367 g/mol. The van der Waals surface area contributed by atoms with Gasteiger partial charge in [0, 0.05) is 31.1 Å². The normalized spacial score (nSPS) is 12.0. The van der Waals surface area contributed by atoms with E-state index in [-0.39, 0.29) is 11.7 Å². The van der Waals surface area contributed by atoms with Crippen LogP contribution in [-0.4, -0.2) is 30.4 Å². The number of imidazole rings is 1. The maximum atomic E-state index is 12.7. The van der Waals surface area contributed by atoms with Crippen LogP contribution in [0.15, 0.2) is 24.7 Å². The van der Waals surface area contributed by atoms with Crippen molar-refractivity contribution in [1.29, 1.82) is 0 Å². The molecule has 0 atom stereocenters. The lowest BCUT2D eigenvalue weighted by Gasteiger charge is -2.14. The van der Waals surface area contributed by atoms with Crippen LogP contribution in [0.1, 0.15) is 31.0 Å². The summed E-state index contributed by atoms with van der Waals surface area (Å²) >= 11 is 0. The van der Waals surface area contributed by atoms with E-state index in [9.17, 15) is 18.0 Å². The number of anilines is 2. The number of rotatable bonds is 3. The Labute approximate surface area is 146 Å². The summed E-state index contributed by atoms with van der Waals surface area (Å²) in [5, 5.41) is 12.5. The van der Waals surface area contributed by atoms with Crippen LogP contribution in [0.4, 0.5) is 29.5 Å². The van der Waals surface area contributed by atoms with E-state index in [1.807, 2.05) is 13.8 Å². The summed E-state index contributed by atoms with van der Waals surface area (Å²) in [6.45, 7) is 3.87. The van der Waals surface area contributed by atoms with Crippen molar-refractivity contribution in [3.05, 3.63) is 35.9 Å². The molecule has 138 valence electrons. The maximum absolute atomic E-state index is 12.7. The van der Waals surface area contributed by atoms with Crippen LogP contribution in [0, 0.1) is 0 Å². The first-order valence-electron chi connectivity index (χ1n) is 7.68. The molecule has 3 aromatic rings. The number of carbonyl (C=O) groups excluding carboxylic acids is 1. The second kappa shape index (κ2) is 6.32. The molecule has 0 unspecified atom stereocenters. The highest BCUT2D eigenvalue weighted by Crippen LogP contribution is 2.30. The zero-order valence-corrected chi connectivity index (χ0v) is 14.2. The molecule has 0 spiro atoms. The highest BCUT2D eigenvalue weighted by Gasteiger charge is 2.34. The van der Waals surface area contributed by atoms with Gasteiger partial charge in [-0.1, -0.05) is 13.8 Å². The van der Waals surface area contributed by atoms with Crippen molar-refractivity contribution in [2.75, 3.05) is 10.6 Å². The van der Waals surface area contributed by atoms with Crippen LogP contribution in [0.25, 0.3) is 5.65 Å². The molecule has 11 heteroatoms. The standard InChI is InChI=1S/C15H16F3N7O/c1-8(2)12-9(7-20-25-5-4-19-13(12)25)21-14(26)22-11-6-10(15(16,17)18)23-24(11)3/h4-8H,1-3H3,(H2,21,22,26). The lowest BCUT2D eigenvalue weighted by Crippen LogP contribution is -2.22. The lowest BCUT2D eigenvalue weighted by molar-refractivity contribution is -0.141. The van der Waals surface area contributed by atoms with Crippen molar-refractivity contribution < 1.29 is 18.0 Å². The van der Waals surface area contributed by atoms with Crippen LogP contribution in [0.2, 0.25) is 0 Å². The summed E-state index contributed by atoms with van der Waals surface area (Å²) in [6.07, 6.45) is 0.147. The quantitative estimate of drug-likeness (QED) is 0.744. The van der Waals surface area contributed by atoms with Gasteiger partial charge in [0.2, 0.25) is 0 Å². The van der Waals surface area contributed by atoms with E-state index in [2.05, 4.69) is 25.8 Å². The second-order valence-corrected chi connectivity index (χ2v) is 5.94. The third-order valence-electron chi connectivity index (χ3n) is 3.70. The molecule has 0 bridgehead atoms. The Morgan fingerprint density at radius 2 is 2.00 bits per heavy atom. The van der Waals surface area contributed by atoms with Gasteiger partial charge in [0.05, 0.1) is 11.9 Å². The molecule has 0 aromatic carbocycles. The zero-order chi connectivity index (χ0) is 19.1. The smallest absolute Gasteiger partial charge is 0.306 e.